The Bertz CT molecular complexity index is 331. The molecule has 1 aromatic carbocycles. The number of hydrogen-bond donors (Lipinski definition) is 1. The Morgan fingerprint density at radius 3 is 2.87 bits per heavy atom. The van der Waals surface area contributed by atoms with Crippen molar-refractivity contribution in [1.82, 2.24) is 5.32 Å². The molecule has 0 heterocycles. The van der Waals surface area contributed by atoms with Crippen molar-refractivity contribution in [3.05, 3.63) is 29.3 Å². The van der Waals surface area contributed by atoms with Crippen LogP contribution in [0.15, 0.2) is 23.1 Å². The van der Waals surface area contributed by atoms with Crippen molar-refractivity contribution in [1.29, 1.82) is 0 Å². The Hall–Kier alpha value is -0.470. The van der Waals surface area contributed by atoms with Crippen molar-refractivity contribution >= 4 is 11.8 Å². The molecule has 1 aromatic rings. The van der Waals surface area contributed by atoms with E-state index in [2.05, 4.69) is 37.4 Å². The van der Waals surface area contributed by atoms with Crippen molar-refractivity contribution in [3.63, 3.8) is 0 Å². The smallest absolute Gasteiger partial charge is 0.0219 e. The highest BCUT2D eigenvalue weighted by molar-refractivity contribution is 7.99. The molecule has 2 rings (SSSR count). The van der Waals surface area contributed by atoms with Gasteiger partial charge in [-0.05, 0) is 37.1 Å². The number of rotatable bonds is 5. The molecule has 2 heteroatoms. The van der Waals surface area contributed by atoms with Gasteiger partial charge in [-0.15, -0.1) is 11.8 Å². The minimum absolute atomic E-state index is 0.796. The third-order valence-corrected chi connectivity index (χ3v) is 3.67. The molecule has 0 amide bonds. The van der Waals surface area contributed by atoms with Crippen LogP contribution in [-0.4, -0.2) is 11.8 Å². The van der Waals surface area contributed by atoms with Gasteiger partial charge in [0.15, 0.2) is 0 Å². The molecule has 0 bridgehead atoms. The van der Waals surface area contributed by atoms with Crippen molar-refractivity contribution in [2.75, 3.05) is 5.75 Å². The highest BCUT2D eigenvalue weighted by atomic mass is 32.2. The Kier molecular flexibility index (Phi) is 3.71. The van der Waals surface area contributed by atoms with Gasteiger partial charge in [-0.2, -0.15) is 0 Å². The zero-order valence-corrected chi connectivity index (χ0v) is 10.4. The van der Waals surface area contributed by atoms with E-state index in [0.29, 0.717) is 0 Å². The van der Waals surface area contributed by atoms with E-state index in [-0.39, 0.29) is 0 Å². The summed E-state index contributed by atoms with van der Waals surface area (Å²) in [7, 11) is 0. The first-order valence-electron chi connectivity index (χ1n) is 5.75. The molecule has 1 nitrogen and oxygen atoms in total. The van der Waals surface area contributed by atoms with Crippen LogP contribution in [0.5, 0.6) is 0 Å². The lowest BCUT2D eigenvalue weighted by Gasteiger charge is -2.10. The molecule has 1 fully saturated rings. The molecule has 1 aliphatic carbocycles. The molecule has 0 spiro atoms. The molecule has 15 heavy (non-hydrogen) atoms. The Balaban J connectivity index is 2.05. The van der Waals surface area contributed by atoms with Crippen LogP contribution in [0.25, 0.3) is 0 Å². The van der Waals surface area contributed by atoms with E-state index in [1.54, 1.807) is 0 Å². The topological polar surface area (TPSA) is 12.0 Å². The number of nitrogens with one attached hydrogen (secondary N) is 1. The van der Waals surface area contributed by atoms with E-state index in [0.717, 1.165) is 18.3 Å². The predicted octanol–water partition coefficient (Wildman–Crippen LogP) is 3.36. The van der Waals surface area contributed by atoms with E-state index in [1.807, 2.05) is 11.8 Å². The van der Waals surface area contributed by atoms with Crippen molar-refractivity contribution in [3.8, 4) is 0 Å². The standard InChI is InChI=1S/C13H19NS/c1-3-15-13-7-4-10(2)8-11(13)9-14-12-5-6-12/h4,7-8,12,14H,3,5-6,9H2,1-2H3. The SMILES string of the molecule is CCSc1ccc(C)cc1CNC1CC1. The quantitative estimate of drug-likeness (QED) is 0.765. The highest BCUT2D eigenvalue weighted by Crippen LogP contribution is 2.25. The number of hydrogen-bond acceptors (Lipinski definition) is 2. The predicted molar refractivity (Wildman–Crippen MR) is 67.4 cm³/mol. The minimum atomic E-state index is 0.796. The molecule has 0 radical (unpaired) electrons. The summed E-state index contributed by atoms with van der Waals surface area (Å²) in [4.78, 5) is 1.44. The lowest BCUT2D eigenvalue weighted by Crippen LogP contribution is -2.15. The second-order valence-corrected chi connectivity index (χ2v) is 5.51. The zero-order chi connectivity index (χ0) is 10.7. The molecule has 0 aromatic heterocycles. The van der Waals surface area contributed by atoms with Gasteiger partial charge < -0.3 is 5.32 Å². The van der Waals surface area contributed by atoms with Crippen LogP contribution in [0.3, 0.4) is 0 Å². The Morgan fingerprint density at radius 1 is 1.40 bits per heavy atom. The van der Waals surface area contributed by atoms with E-state index in [9.17, 15) is 0 Å². The first kappa shape index (κ1) is 11.0. The summed E-state index contributed by atoms with van der Waals surface area (Å²) < 4.78 is 0. The first-order valence-corrected chi connectivity index (χ1v) is 6.74. The van der Waals surface area contributed by atoms with Gasteiger partial charge in [-0.3, -0.25) is 0 Å². The molecule has 1 aliphatic rings. The monoisotopic (exact) mass is 221 g/mol. The van der Waals surface area contributed by atoms with Gasteiger partial charge in [0.25, 0.3) is 0 Å². The Labute approximate surface area is 96.7 Å². The van der Waals surface area contributed by atoms with Crippen LogP contribution in [0.2, 0.25) is 0 Å². The van der Waals surface area contributed by atoms with Gasteiger partial charge in [-0.25, -0.2) is 0 Å². The molecular weight excluding hydrogens is 202 g/mol. The largest absolute Gasteiger partial charge is 0.310 e. The van der Waals surface area contributed by atoms with Gasteiger partial charge >= 0.3 is 0 Å². The molecule has 1 saturated carbocycles. The molecular formula is C13H19NS. The molecule has 0 unspecified atom stereocenters. The van der Waals surface area contributed by atoms with E-state index < -0.39 is 0 Å². The summed E-state index contributed by atoms with van der Waals surface area (Å²) in [5, 5.41) is 3.59. The van der Waals surface area contributed by atoms with Gasteiger partial charge in [0.2, 0.25) is 0 Å². The lowest BCUT2D eigenvalue weighted by molar-refractivity contribution is 0.680. The molecule has 1 N–H and O–H groups in total. The van der Waals surface area contributed by atoms with Crippen LogP contribution in [0, 0.1) is 6.92 Å². The third kappa shape index (κ3) is 3.25. The normalized spacial score (nSPS) is 15.6. The fourth-order valence-corrected chi connectivity index (χ4v) is 2.48. The van der Waals surface area contributed by atoms with E-state index in [1.165, 1.54) is 28.9 Å². The number of thioether (sulfide) groups is 1. The minimum Gasteiger partial charge on any atom is -0.310 e. The lowest BCUT2D eigenvalue weighted by atomic mass is 10.1. The molecule has 0 atom stereocenters. The van der Waals surface area contributed by atoms with Gasteiger partial charge in [-0.1, -0.05) is 24.6 Å². The molecule has 82 valence electrons. The number of benzene rings is 1. The van der Waals surface area contributed by atoms with E-state index >= 15 is 0 Å². The summed E-state index contributed by atoms with van der Waals surface area (Å²) in [5.41, 5.74) is 2.83. The summed E-state index contributed by atoms with van der Waals surface area (Å²) in [6.07, 6.45) is 2.73. The van der Waals surface area contributed by atoms with Crippen LogP contribution < -0.4 is 5.32 Å². The Morgan fingerprint density at radius 2 is 2.20 bits per heavy atom. The molecule has 0 saturated heterocycles. The number of aryl methyl sites for hydroxylation is 1. The van der Waals surface area contributed by atoms with Crippen molar-refractivity contribution in [2.24, 2.45) is 0 Å². The van der Waals surface area contributed by atoms with E-state index in [4.69, 9.17) is 0 Å². The van der Waals surface area contributed by atoms with Gasteiger partial charge in [0, 0.05) is 17.5 Å². The maximum absolute atomic E-state index is 3.59. The zero-order valence-electron chi connectivity index (χ0n) is 9.55. The summed E-state index contributed by atoms with van der Waals surface area (Å²) in [5.74, 6) is 1.15. The second-order valence-electron chi connectivity index (χ2n) is 4.20. The second kappa shape index (κ2) is 5.04. The third-order valence-electron chi connectivity index (χ3n) is 2.67. The highest BCUT2D eigenvalue weighted by Gasteiger charge is 2.20. The van der Waals surface area contributed by atoms with Crippen molar-refractivity contribution < 1.29 is 0 Å². The van der Waals surface area contributed by atoms with Crippen molar-refractivity contribution in [2.45, 2.75) is 44.2 Å². The van der Waals surface area contributed by atoms with Crippen LogP contribution in [0.4, 0.5) is 0 Å². The van der Waals surface area contributed by atoms with Gasteiger partial charge in [0.05, 0.1) is 0 Å². The molecule has 0 aliphatic heterocycles. The van der Waals surface area contributed by atoms with Crippen LogP contribution in [0.1, 0.15) is 30.9 Å². The maximum Gasteiger partial charge on any atom is 0.0219 e. The summed E-state index contributed by atoms with van der Waals surface area (Å²) >= 11 is 1.94. The summed E-state index contributed by atoms with van der Waals surface area (Å²) in [6.45, 7) is 5.41. The fraction of sp³-hybridized carbons (Fsp3) is 0.538. The average Bonchev–Trinajstić information content (AvgIpc) is 3.02. The van der Waals surface area contributed by atoms with Crippen LogP contribution in [-0.2, 0) is 6.54 Å². The average molecular weight is 221 g/mol. The summed E-state index contributed by atoms with van der Waals surface area (Å²) in [6, 6.07) is 7.57. The van der Waals surface area contributed by atoms with Gasteiger partial charge in [0.1, 0.15) is 0 Å². The first-order chi connectivity index (χ1) is 7.29. The van der Waals surface area contributed by atoms with Crippen LogP contribution >= 0.6 is 11.8 Å². The fourth-order valence-electron chi connectivity index (χ4n) is 1.68. The maximum atomic E-state index is 3.59.